The molecule has 86 valence electrons. The zero-order valence-electron chi connectivity index (χ0n) is 9.99. The summed E-state index contributed by atoms with van der Waals surface area (Å²) < 4.78 is 5.79. The molecule has 1 aromatic heterocycles. The molecule has 1 aliphatic rings. The van der Waals surface area contributed by atoms with Crippen LogP contribution in [0.4, 0.5) is 0 Å². The van der Waals surface area contributed by atoms with Crippen molar-refractivity contribution in [3.63, 3.8) is 0 Å². The molecule has 1 aliphatic carbocycles. The fourth-order valence-electron chi connectivity index (χ4n) is 1.95. The van der Waals surface area contributed by atoms with Gasteiger partial charge in [-0.05, 0) is 30.9 Å². The summed E-state index contributed by atoms with van der Waals surface area (Å²) in [6, 6.07) is 4.30. The lowest BCUT2D eigenvalue weighted by Crippen LogP contribution is -2.25. The van der Waals surface area contributed by atoms with Gasteiger partial charge >= 0.3 is 0 Å². The van der Waals surface area contributed by atoms with Gasteiger partial charge in [-0.25, -0.2) is 0 Å². The lowest BCUT2D eigenvalue weighted by Gasteiger charge is -2.08. The molecule has 0 amide bonds. The standard InChI is InChI=1S/C14H19NO/c1-4-11(5-2)15-9-12-6-7-14(16-12)13-8-10(13)3/h1,6-7,10-11,13,15H,5,8-9H2,2-3H3. The lowest BCUT2D eigenvalue weighted by molar-refractivity contribution is 0.435. The van der Waals surface area contributed by atoms with Crippen LogP contribution in [-0.2, 0) is 6.54 Å². The summed E-state index contributed by atoms with van der Waals surface area (Å²) in [5, 5.41) is 3.29. The summed E-state index contributed by atoms with van der Waals surface area (Å²) in [4.78, 5) is 0. The van der Waals surface area contributed by atoms with Crippen LogP contribution in [0.5, 0.6) is 0 Å². The van der Waals surface area contributed by atoms with Crippen LogP contribution in [0.15, 0.2) is 16.5 Å². The zero-order valence-corrected chi connectivity index (χ0v) is 9.99. The number of nitrogens with one attached hydrogen (secondary N) is 1. The number of rotatable bonds is 5. The van der Waals surface area contributed by atoms with E-state index in [2.05, 4.69) is 37.2 Å². The summed E-state index contributed by atoms with van der Waals surface area (Å²) in [5.41, 5.74) is 0. The maximum Gasteiger partial charge on any atom is 0.118 e. The Balaban J connectivity index is 1.86. The SMILES string of the molecule is C#CC(CC)NCc1ccc(C2CC2C)o1. The molecule has 0 bridgehead atoms. The summed E-state index contributed by atoms with van der Waals surface area (Å²) in [7, 11) is 0. The van der Waals surface area contributed by atoms with Crippen LogP contribution in [0.25, 0.3) is 0 Å². The van der Waals surface area contributed by atoms with Gasteiger partial charge in [0.2, 0.25) is 0 Å². The fraction of sp³-hybridized carbons (Fsp3) is 0.571. The summed E-state index contributed by atoms with van der Waals surface area (Å²) in [6.45, 7) is 5.07. The van der Waals surface area contributed by atoms with Crippen molar-refractivity contribution in [3.8, 4) is 12.3 Å². The Labute approximate surface area is 97.4 Å². The van der Waals surface area contributed by atoms with Gasteiger partial charge in [0, 0.05) is 5.92 Å². The Morgan fingerprint density at radius 1 is 1.62 bits per heavy atom. The highest BCUT2D eigenvalue weighted by Gasteiger charge is 2.36. The van der Waals surface area contributed by atoms with Crippen molar-refractivity contribution >= 4 is 0 Å². The monoisotopic (exact) mass is 217 g/mol. The average Bonchev–Trinajstić information content (AvgIpc) is 2.84. The van der Waals surface area contributed by atoms with Crippen LogP contribution in [0.1, 0.15) is 44.1 Å². The molecule has 1 saturated carbocycles. The molecule has 1 heterocycles. The molecule has 16 heavy (non-hydrogen) atoms. The van der Waals surface area contributed by atoms with Gasteiger partial charge in [-0.15, -0.1) is 6.42 Å². The lowest BCUT2D eigenvalue weighted by atomic mass is 10.2. The second kappa shape index (κ2) is 4.76. The molecule has 1 aromatic rings. The van der Waals surface area contributed by atoms with Gasteiger partial charge in [0.1, 0.15) is 11.5 Å². The molecule has 1 N–H and O–H groups in total. The molecule has 0 spiro atoms. The first-order chi connectivity index (χ1) is 7.74. The summed E-state index contributed by atoms with van der Waals surface area (Å²) in [5.74, 6) is 6.29. The molecule has 0 aliphatic heterocycles. The molecular formula is C14H19NO. The number of furan rings is 1. The van der Waals surface area contributed by atoms with Crippen molar-refractivity contribution in [2.45, 2.75) is 45.2 Å². The predicted molar refractivity (Wildman–Crippen MR) is 65.0 cm³/mol. The van der Waals surface area contributed by atoms with E-state index in [0.717, 1.165) is 30.4 Å². The van der Waals surface area contributed by atoms with E-state index in [1.165, 1.54) is 6.42 Å². The third-order valence-corrected chi connectivity index (χ3v) is 3.29. The molecule has 0 radical (unpaired) electrons. The highest BCUT2D eigenvalue weighted by Crippen LogP contribution is 2.47. The number of hydrogen-bond acceptors (Lipinski definition) is 2. The molecule has 3 atom stereocenters. The van der Waals surface area contributed by atoms with E-state index in [0.29, 0.717) is 5.92 Å². The maximum absolute atomic E-state index is 5.79. The molecule has 3 unspecified atom stereocenters. The molecular weight excluding hydrogens is 198 g/mol. The van der Waals surface area contributed by atoms with E-state index in [4.69, 9.17) is 10.8 Å². The van der Waals surface area contributed by atoms with Crippen molar-refractivity contribution in [1.29, 1.82) is 0 Å². The first-order valence-electron chi connectivity index (χ1n) is 6.02. The zero-order chi connectivity index (χ0) is 11.5. The third-order valence-electron chi connectivity index (χ3n) is 3.29. The average molecular weight is 217 g/mol. The van der Waals surface area contributed by atoms with Crippen LogP contribution < -0.4 is 5.32 Å². The van der Waals surface area contributed by atoms with Crippen LogP contribution in [0.2, 0.25) is 0 Å². The van der Waals surface area contributed by atoms with Crippen LogP contribution in [0, 0.1) is 18.3 Å². The molecule has 0 saturated heterocycles. The van der Waals surface area contributed by atoms with Gasteiger partial charge in [0.15, 0.2) is 0 Å². The topological polar surface area (TPSA) is 25.2 Å². The Morgan fingerprint density at radius 2 is 2.38 bits per heavy atom. The van der Waals surface area contributed by atoms with Crippen molar-refractivity contribution in [3.05, 3.63) is 23.7 Å². The Bertz CT molecular complexity index is 388. The van der Waals surface area contributed by atoms with Crippen molar-refractivity contribution in [2.75, 3.05) is 0 Å². The largest absolute Gasteiger partial charge is 0.464 e. The first-order valence-corrected chi connectivity index (χ1v) is 6.02. The van der Waals surface area contributed by atoms with E-state index in [1.807, 2.05) is 0 Å². The van der Waals surface area contributed by atoms with Gasteiger partial charge in [-0.3, -0.25) is 5.32 Å². The van der Waals surface area contributed by atoms with Gasteiger partial charge in [0.05, 0.1) is 12.6 Å². The quantitative estimate of drug-likeness (QED) is 0.767. The summed E-state index contributed by atoms with van der Waals surface area (Å²) >= 11 is 0. The van der Waals surface area contributed by atoms with Gasteiger partial charge in [-0.1, -0.05) is 19.8 Å². The minimum atomic E-state index is 0.147. The van der Waals surface area contributed by atoms with Crippen molar-refractivity contribution in [2.24, 2.45) is 5.92 Å². The van der Waals surface area contributed by atoms with E-state index in [-0.39, 0.29) is 6.04 Å². The van der Waals surface area contributed by atoms with Crippen LogP contribution in [0.3, 0.4) is 0 Å². The van der Waals surface area contributed by atoms with Crippen molar-refractivity contribution in [1.82, 2.24) is 5.32 Å². The van der Waals surface area contributed by atoms with Gasteiger partial charge in [-0.2, -0.15) is 0 Å². The minimum absolute atomic E-state index is 0.147. The molecule has 1 fully saturated rings. The highest BCUT2D eigenvalue weighted by molar-refractivity contribution is 5.17. The second-order valence-corrected chi connectivity index (χ2v) is 4.63. The predicted octanol–water partition coefficient (Wildman–Crippen LogP) is 2.90. The van der Waals surface area contributed by atoms with Crippen LogP contribution in [-0.4, -0.2) is 6.04 Å². The van der Waals surface area contributed by atoms with Crippen LogP contribution >= 0.6 is 0 Å². The first kappa shape index (κ1) is 11.3. The van der Waals surface area contributed by atoms with E-state index in [9.17, 15) is 0 Å². The maximum atomic E-state index is 5.79. The minimum Gasteiger partial charge on any atom is -0.464 e. The molecule has 2 heteroatoms. The molecule has 2 rings (SSSR count). The van der Waals surface area contributed by atoms with E-state index >= 15 is 0 Å². The van der Waals surface area contributed by atoms with E-state index in [1.54, 1.807) is 0 Å². The Kier molecular flexibility index (Phi) is 3.36. The van der Waals surface area contributed by atoms with E-state index < -0.39 is 0 Å². The fourth-order valence-corrected chi connectivity index (χ4v) is 1.95. The summed E-state index contributed by atoms with van der Waals surface area (Å²) in [6.07, 6.45) is 7.60. The van der Waals surface area contributed by atoms with Crippen molar-refractivity contribution < 1.29 is 4.42 Å². The molecule has 0 aromatic carbocycles. The second-order valence-electron chi connectivity index (χ2n) is 4.63. The third kappa shape index (κ3) is 2.48. The smallest absolute Gasteiger partial charge is 0.118 e. The molecule has 2 nitrogen and oxygen atoms in total. The van der Waals surface area contributed by atoms with Gasteiger partial charge < -0.3 is 4.42 Å². The normalized spacial score (nSPS) is 25.1. The Morgan fingerprint density at radius 3 is 2.94 bits per heavy atom. The van der Waals surface area contributed by atoms with Gasteiger partial charge in [0.25, 0.3) is 0 Å². The number of terminal acetylenes is 1. The number of hydrogen-bond donors (Lipinski definition) is 1. The Hall–Kier alpha value is -1.20. The highest BCUT2D eigenvalue weighted by atomic mass is 16.3.